The third-order valence-corrected chi connectivity index (χ3v) is 3.82. The maximum absolute atomic E-state index is 13.6. The van der Waals surface area contributed by atoms with Crippen molar-refractivity contribution in [3.63, 3.8) is 0 Å². The molecule has 0 radical (unpaired) electrons. The molecular weight excluding hydrogens is 388 g/mol. The average molecular weight is 405 g/mol. The first-order chi connectivity index (χ1) is 13.9. The molecule has 1 aromatic carbocycles. The van der Waals surface area contributed by atoms with Gasteiger partial charge in [0.1, 0.15) is 29.6 Å². The zero-order valence-corrected chi connectivity index (χ0v) is 15.6. The molecule has 0 aliphatic rings. The Hall–Kier alpha value is -3.69. The molecule has 3 rings (SSSR count). The lowest BCUT2D eigenvalue weighted by Crippen LogP contribution is -2.17. The molecule has 0 saturated carbocycles. The van der Waals surface area contributed by atoms with Gasteiger partial charge in [-0.15, -0.1) is 0 Å². The number of furan rings is 1. The number of nitrogens with zero attached hydrogens (tertiary/aromatic N) is 2. The highest BCUT2D eigenvalue weighted by molar-refractivity contribution is 6.05. The van der Waals surface area contributed by atoms with E-state index in [1.54, 1.807) is 14.0 Å². The molecule has 0 aliphatic heterocycles. The van der Waals surface area contributed by atoms with Crippen molar-refractivity contribution in [2.45, 2.75) is 13.5 Å². The Kier molecular flexibility index (Phi) is 5.91. The lowest BCUT2D eigenvalue weighted by molar-refractivity contribution is 0.0527. The summed E-state index contributed by atoms with van der Waals surface area (Å²) >= 11 is 0. The summed E-state index contributed by atoms with van der Waals surface area (Å²) in [5.41, 5.74) is 0.101. The average Bonchev–Trinajstić information content (AvgIpc) is 3.29. The van der Waals surface area contributed by atoms with Crippen LogP contribution < -0.4 is 10.1 Å². The van der Waals surface area contributed by atoms with Crippen molar-refractivity contribution in [2.75, 3.05) is 11.9 Å². The van der Waals surface area contributed by atoms with Crippen LogP contribution in [0.3, 0.4) is 0 Å². The number of halogens is 2. The number of rotatable bonds is 7. The van der Waals surface area contributed by atoms with E-state index in [1.165, 1.54) is 23.0 Å². The van der Waals surface area contributed by atoms with Crippen LogP contribution in [0.4, 0.5) is 14.6 Å². The van der Waals surface area contributed by atoms with Gasteiger partial charge in [0.25, 0.3) is 5.91 Å². The van der Waals surface area contributed by atoms with Gasteiger partial charge < -0.3 is 19.2 Å². The summed E-state index contributed by atoms with van der Waals surface area (Å²) < 4.78 is 43.4. The topological polar surface area (TPSA) is 95.6 Å². The Morgan fingerprint density at radius 1 is 1.24 bits per heavy atom. The number of amides is 1. The fraction of sp³-hybridized carbons (Fsp3) is 0.211. The Morgan fingerprint density at radius 2 is 2.03 bits per heavy atom. The van der Waals surface area contributed by atoms with E-state index < -0.39 is 23.5 Å². The number of benzene rings is 1. The molecule has 0 spiro atoms. The number of hydrogen-bond donors (Lipinski definition) is 1. The largest absolute Gasteiger partial charge is 0.483 e. The van der Waals surface area contributed by atoms with E-state index in [-0.39, 0.29) is 41.9 Å². The molecule has 152 valence electrons. The number of aromatic nitrogens is 2. The molecule has 10 heteroatoms. The van der Waals surface area contributed by atoms with Crippen molar-refractivity contribution < 1.29 is 32.3 Å². The molecule has 2 heterocycles. The maximum Gasteiger partial charge on any atom is 0.343 e. The van der Waals surface area contributed by atoms with Crippen LogP contribution in [0.25, 0.3) is 0 Å². The number of carbonyl (C=O) groups excluding carboxylic acids is 2. The molecule has 0 fully saturated rings. The lowest BCUT2D eigenvalue weighted by atomic mass is 10.3. The van der Waals surface area contributed by atoms with E-state index in [0.717, 1.165) is 12.1 Å². The molecule has 8 nitrogen and oxygen atoms in total. The summed E-state index contributed by atoms with van der Waals surface area (Å²) in [6.07, 6.45) is 1.28. The second kappa shape index (κ2) is 8.55. The van der Waals surface area contributed by atoms with Crippen molar-refractivity contribution >= 4 is 17.7 Å². The van der Waals surface area contributed by atoms with Gasteiger partial charge in [-0.2, -0.15) is 5.10 Å². The van der Waals surface area contributed by atoms with Crippen molar-refractivity contribution in [2.24, 2.45) is 7.05 Å². The molecule has 0 bridgehead atoms. The smallest absolute Gasteiger partial charge is 0.343 e. The van der Waals surface area contributed by atoms with E-state index in [1.807, 2.05) is 0 Å². The first-order valence-corrected chi connectivity index (χ1v) is 8.56. The van der Waals surface area contributed by atoms with E-state index >= 15 is 0 Å². The van der Waals surface area contributed by atoms with Gasteiger partial charge in [-0.25, -0.2) is 13.6 Å². The van der Waals surface area contributed by atoms with Gasteiger partial charge in [0, 0.05) is 13.1 Å². The number of nitrogens with one attached hydrogen (secondary N) is 1. The molecule has 0 aliphatic carbocycles. The molecular formula is C19H17F2N3O5. The fourth-order valence-corrected chi connectivity index (χ4v) is 2.43. The van der Waals surface area contributed by atoms with Gasteiger partial charge in [-0.1, -0.05) is 0 Å². The zero-order chi connectivity index (χ0) is 21.0. The minimum absolute atomic E-state index is 0.0563. The van der Waals surface area contributed by atoms with Crippen molar-refractivity contribution in [3.8, 4) is 5.75 Å². The molecule has 2 aromatic heterocycles. The van der Waals surface area contributed by atoms with Crippen molar-refractivity contribution in [1.82, 2.24) is 9.78 Å². The van der Waals surface area contributed by atoms with Crippen LogP contribution in [0.15, 0.2) is 40.9 Å². The van der Waals surface area contributed by atoms with Gasteiger partial charge in [0.05, 0.1) is 12.8 Å². The van der Waals surface area contributed by atoms with E-state index in [2.05, 4.69) is 10.4 Å². The second-order valence-corrected chi connectivity index (χ2v) is 5.83. The predicted molar refractivity (Wildman–Crippen MR) is 96.5 cm³/mol. The van der Waals surface area contributed by atoms with Gasteiger partial charge in [-0.3, -0.25) is 9.48 Å². The Balaban J connectivity index is 1.67. The molecule has 1 N–H and O–H groups in total. The van der Waals surface area contributed by atoms with E-state index in [0.29, 0.717) is 6.07 Å². The molecule has 0 atom stereocenters. The van der Waals surface area contributed by atoms with Crippen molar-refractivity contribution in [1.29, 1.82) is 0 Å². The standard InChI is InChI=1S/C19H17F2N3O5/c1-3-27-19(26)13-9-22-24(2)17(13)23-18(25)16-7-5-12(29-16)10-28-15-6-4-11(20)8-14(15)21/h4-9H,3,10H2,1-2H3,(H,23,25). The van der Waals surface area contributed by atoms with Crippen LogP contribution in [0.1, 0.15) is 33.6 Å². The third kappa shape index (κ3) is 4.60. The Bertz CT molecular complexity index is 1040. The predicted octanol–water partition coefficient (Wildman–Crippen LogP) is 3.30. The highest BCUT2D eigenvalue weighted by atomic mass is 19.1. The summed E-state index contributed by atoms with van der Waals surface area (Å²) in [5.74, 6) is -2.63. The third-order valence-electron chi connectivity index (χ3n) is 3.82. The normalized spacial score (nSPS) is 10.6. The highest BCUT2D eigenvalue weighted by Gasteiger charge is 2.21. The molecule has 29 heavy (non-hydrogen) atoms. The van der Waals surface area contributed by atoms with E-state index in [9.17, 15) is 18.4 Å². The number of carbonyl (C=O) groups is 2. The van der Waals surface area contributed by atoms with Gasteiger partial charge in [0.15, 0.2) is 17.3 Å². The summed E-state index contributed by atoms with van der Waals surface area (Å²) in [6.45, 7) is 1.67. The number of ether oxygens (including phenoxy) is 2. The monoisotopic (exact) mass is 405 g/mol. The summed E-state index contributed by atoms with van der Waals surface area (Å²) in [6, 6.07) is 5.79. The lowest BCUT2D eigenvalue weighted by Gasteiger charge is -2.07. The van der Waals surface area contributed by atoms with Gasteiger partial charge >= 0.3 is 5.97 Å². The summed E-state index contributed by atoms with van der Waals surface area (Å²) in [4.78, 5) is 24.4. The zero-order valence-electron chi connectivity index (χ0n) is 15.6. The number of esters is 1. The molecule has 0 saturated heterocycles. The van der Waals surface area contributed by atoms with Gasteiger partial charge in [0.2, 0.25) is 0 Å². The molecule has 0 unspecified atom stereocenters. The van der Waals surface area contributed by atoms with Crippen LogP contribution in [0, 0.1) is 11.6 Å². The SMILES string of the molecule is CCOC(=O)c1cnn(C)c1NC(=O)c1ccc(COc2ccc(F)cc2F)o1. The van der Waals surface area contributed by atoms with Crippen LogP contribution >= 0.6 is 0 Å². The highest BCUT2D eigenvalue weighted by Crippen LogP contribution is 2.21. The minimum atomic E-state index is -0.850. The van der Waals surface area contributed by atoms with Crippen LogP contribution in [0.2, 0.25) is 0 Å². The minimum Gasteiger partial charge on any atom is -0.483 e. The van der Waals surface area contributed by atoms with Crippen LogP contribution in [-0.2, 0) is 18.4 Å². The maximum atomic E-state index is 13.6. The number of hydrogen-bond acceptors (Lipinski definition) is 6. The Morgan fingerprint density at radius 3 is 2.76 bits per heavy atom. The quantitative estimate of drug-likeness (QED) is 0.606. The molecule has 3 aromatic rings. The van der Waals surface area contributed by atoms with Crippen LogP contribution in [0.5, 0.6) is 5.75 Å². The molecule has 1 amide bonds. The Labute approximate surface area is 164 Å². The van der Waals surface area contributed by atoms with Gasteiger partial charge in [-0.05, 0) is 31.2 Å². The van der Waals surface area contributed by atoms with E-state index in [4.69, 9.17) is 13.9 Å². The number of aryl methyl sites for hydroxylation is 1. The first-order valence-electron chi connectivity index (χ1n) is 8.56. The second-order valence-electron chi connectivity index (χ2n) is 5.83. The number of anilines is 1. The first kappa shape index (κ1) is 20.1. The fourth-order valence-electron chi connectivity index (χ4n) is 2.43. The summed E-state index contributed by atoms with van der Waals surface area (Å²) in [7, 11) is 1.55. The van der Waals surface area contributed by atoms with Crippen molar-refractivity contribution in [3.05, 3.63) is 65.2 Å². The van der Waals surface area contributed by atoms with Crippen LogP contribution in [-0.4, -0.2) is 28.3 Å². The summed E-state index contributed by atoms with van der Waals surface area (Å²) in [5, 5.41) is 6.48.